The van der Waals surface area contributed by atoms with Gasteiger partial charge in [0.15, 0.2) is 23.2 Å². The zero-order chi connectivity index (χ0) is 29.4. The SMILES string of the molecule is CC#CCOc1ccc(-c2cnc3n2C=CCC=C3Nc2ccc(C(=O)CC(=N)CCCCC)c(Cl)c2)c(F)c1F. The maximum atomic E-state index is 15.1. The van der Waals surface area contributed by atoms with Crippen molar-refractivity contribution in [3.63, 3.8) is 0 Å². The predicted molar refractivity (Wildman–Crippen MR) is 160 cm³/mol. The average molecular weight is 577 g/mol. The minimum atomic E-state index is -1.09. The summed E-state index contributed by atoms with van der Waals surface area (Å²) in [7, 11) is 0. The number of ether oxygens (including phenoxy) is 1. The van der Waals surface area contributed by atoms with Crippen LogP contribution in [-0.2, 0) is 0 Å². The molecule has 41 heavy (non-hydrogen) atoms. The summed E-state index contributed by atoms with van der Waals surface area (Å²) in [6.45, 7) is 3.69. The molecule has 0 saturated carbocycles. The minimum absolute atomic E-state index is 0.0345. The van der Waals surface area contributed by atoms with Crippen LogP contribution in [0.25, 0.3) is 23.2 Å². The number of nitrogens with zero attached hydrogens (tertiary/aromatic N) is 2. The van der Waals surface area contributed by atoms with E-state index in [2.05, 4.69) is 29.1 Å². The standard InChI is InChI=1S/C32H31ClF2N4O2/c1-3-5-7-10-21(36)18-28(40)23-13-12-22(19-25(23)33)38-26-11-8-9-16-39-27(20-37-32(26)39)24-14-15-29(31(35)30(24)34)41-17-6-4-2/h9,11-16,19-20,36,38H,3,5,7-8,10,17-18H2,1-2H3. The van der Waals surface area contributed by atoms with E-state index < -0.39 is 11.6 Å². The quantitative estimate of drug-likeness (QED) is 0.0982. The Labute approximate surface area is 243 Å². The van der Waals surface area contributed by atoms with Crippen LogP contribution >= 0.6 is 11.6 Å². The van der Waals surface area contributed by atoms with Gasteiger partial charge in [-0.2, -0.15) is 4.39 Å². The van der Waals surface area contributed by atoms with E-state index in [1.165, 1.54) is 18.3 Å². The highest BCUT2D eigenvalue weighted by Gasteiger charge is 2.22. The van der Waals surface area contributed by atoms with Crippen molar-refractivity contribution in [2.24, 2.45) is 0 Å². The van der Waals surface area contributed by atoms with Crippen molar-refractivity contribution in [3.05, 3.63) is 76.7 Å². The summed E-state index contributed by atoms with van der Waals surface area (Å²) in [4.78, 5) is 17.2. The van der Waals surface area contributed by atoms with E-state index in [4.69, 9.17) is 21.7 Å². The van der Waals surface area contributed by atoms with Gasteiger partial charge in [-0.1, -0.05) is 49.4 Å². The molecule has 3 aromatic rings. The lowest BCUT2D eigenvalue weighted by molar-refractivity contribution is 0.1000. The van der Waals surface area contributed by atoms with Crippen LogP contribution in [0.4, 0.5) is 14.5 Å². The summed E-state index contributed by atoms with van der Waals surface area (Å²) in [5.41, 5.74) is 2.43. The van der Waals surface area contributed by atoms with Crippen LogP contribution in [-0.4, -0.2) is 27.7 Å². The van der Waals surface area contributed by atoms with Crippen LogP contribution in [0, 0.1) is 28.9 Å². The number of fused-ring (bicyclic) bond motifs is 1. The molecule has 9 heteroatoms. The number of carbonyl (C=O) groups is 1. The van der Waals surface area contributed by atoms with Gasteiger partial charge in [0.25, 0.3) is 0 Å². The second-order valence-corrected chi connectivity index (χ2v) is 9.92. The van der Waals surface area contributed by atoms with Crippen LogP contribution in [0.3, 0.4) is 0 Å². The van der Waals surface area contributed by atoms with Crippen molar-refractivity contribution in [1.82, 2.24) is 9.55 Å². The highest BCUT2D eigenvalue weighted by atomic mass is 35.5. The molecule has 0 aliphatic carbocycles. The van der Waals surface area contributed by atoms with Gasteiger partial charge < -0.3 is 15.5 Å². The van der Waals surface area contributed by atoms with Gasteiger partial charge in [-0.3, -0.25) is 9.36 Å². The molecule has 0 atom stereocenters. The average Bonchev–Trinajstić information content (AvgIpc) is 3.26. The zero-order valence-corrected chi connectivity index (χ0v) is 23.7. The van der Waals surface area contributed by atoms with E-state index in [-0.39, 0.29) is 35.1 Å². The molecule has 0 spiro atoms. The molecular weight excluding hydrogens is 546 g/mol. The molecule has 4 rings (SSSR count). The highest BCUT2D eigenvalue weighted by molar-refractivity contribution is 6.34. The number of carbonyl (C=O) groups excluding carboxylic acids is 1. The first kappa shape index (κ1) is 29.8. The number of hydrogen-bond acceptors (Lipinski definition) is 5. The monoisotopic (exact) mass is 576 g/mol. The van der Waals surface area contributed by atoms with Crippen molar-refractivity contribution in [2.45, 2.75) is 52.4 Å². The third-order valence-electron chi connectivity index (χ3n) is 6.55. The van der Waals surface area contributed by atoms with E-state index in [0.717, 1.165) is 19.3 Å². The maximum absolute atomic E-state index is 15.1. The van der Waals surface area contributed by atoms with Crippen LogP contribution < -0.4 is 10.1 Å². The highest BCUT2D eigenvalue weighted by Crippen LogP contribution is 2.33. The molecule has 0 saturated heterocycles. The van der Waals surface area contributed by atoms with Gasteiger partial charge in [-0.05, 0) is 56.5 Å². The van der Waals surface area contributed by atoms with E-state index in [9.17, 15) is 9.18 Å². The third kappa shape index (κ3) is 7.11. The Balaban J connectivity index is 1.53. The first-order valence-electron chi connectivity index (χ1n) is 13.4. The van der Waals surface area contributed by atoms with Gasteiger partial charge in [0.05, 0.1) is 22.6 Å². The molecule has 2 aromatic carbocycles. The molecule has 0 unspecified atom stereocenters. The number of aromatic nitrogens is 2. The Kier molecular flexibility index (Phi) is 10.1. The number of anilines is 1. The van der Waals surface area contributed by atoms with E-state index in [0.29, 0.717) is 47.0 Å². The molecule has 6 nitrogen and oxygen atoms in total. The molecule has 0 bridgehead atoms. The Bertz CT molecular complexity index is 1580. The van der Waals surface area contributed by atoms with Gasteiger partial charge in [0.2, 0.25) is 5.82 Å². The van der Waals surface area contributed by atoms with E-state index in [1.54, 1.807) is 35.9 Å². The number of hydrogen-bond donors (Lipinski definition) is 2. The fourth-order valence-electron chi connectivity index (χ4n) is 4.43. The Morgan fingerprint density at radius 2 is 2.05 bits per heavy atom. The van der Waals surface area contributed by atoms with Crippen molar-refractivity contribution in [1.29, 1.82) is 5.41 Å². The number of imidazole rings is 1. The normalized spacial score (nSPS) is 12.1. The molecule has 0 amide bonds. The first-order valence-corrected chi connectivity index (χ1v) is 13.8. The number of nitrogens with one attached hydrogen (secondary N) is 2. The molecule has 212 valence electrons. The number of benzene rings is 2. The van der Waals surface area contributed by atoms with Crippen molar-refractivity contribution < 1.29 is 18.3 Å². The van der Waals surface area contributed by atoms with Crippen molar-refractivity contribution >= 4 is 40.7 Å². The van der Waals surface area contributed by atoms with Gasteiger partial charge in [0, 0.05) is 35.1 Å². The first-order chi connectivity index (χ1) is 19.8. The summed E-state index contributed by atoms with van der Waals surface area (Å²) in [5, 5.41) is 11.7. The van der Waals surface area contributed by atoms with Gasteiger partial charge in [-0.15, -0.1) is 5.92 Å². The largest absolute Gasteiger partial charge is 0.478 e. The van der Waals surface area contributed by atoms with Crippen LogP contribution in [0.1, 0.15) is 68.6 Å². The van der Waals surface area contributed by atoms with Crippen LogP contribution in [0.2, 0.25) is 5.02 Å². The van der Waals surface area contributed by atoms with Gasteiger partial charge in [-0.25, -0.2) is 9.37 Å². The number of halogens is 3. The lowest BCUT2D eigenvalue weighted by atomic mass is 10.0. The molecule has 0 fully saturated rings. The molecule has 1 aliphatic heterocycles. The second-order valence-electron chi connectivity index (χ2n) is 9.51. The summed E-state index contributed by atoms with van der Waals surface area (Å²) in [5.74, 6) is 3.24. The number of ketones is 1. The van der Waals surface area contributed by atoms with Crippen LogP contribution in [0.5, 0.6) is 5.75 Å². The summed E-state index contributed by atoms with van der Waals surface area (Å²) in [6.07, 6.45) is 11.2. The Morgan fingerprint density at radius 1 is 1.22 bits per heavy atom. The smallest absolute Gasteiger partial charge is 0.201 e. The molecule has 0 radical (unpaired) electrons. The van der Waals surface area contributed by atoms with Crippen LogP contribution in [0.15, 0.2) is 48.7 Å². The van der Waals surface area contributed by atoms with Crippen molar-refractivity contribution in [3.8, 4) is 28.8 Å². The van der Waals surface area contributed by atoms with Crippen molar-refractivity contribution in [2.75, 3.05) is 11.9 Å². The maximum Gasteiger partial charge on any atom is 0.201 e. The molecular formula is C32H31ClF2N4O2. The molecule has 2 heterocycles. The number of Topliss-reactive ketones (excluding diaryl/α,β-unsaturated/α-hetero) is 1. The topological polar surface area (TPSA) is 80.0 Å². The molecule has 1 aromatic heterocycles. The van der Waals surface area contributed by atoms with Gasteiger partial charge in [0.1, 0.15) is 6.61 Å². The fourth-order valence-corrected chi connectivity index (χ4v) is 4.71. The molecule has 2 N–H and O–H groups in total. The van der Waals surface area contributed by atoms with E-state index >= 15 is 4.39 Å². The Morgan fingerprint density at radius 3 is 2.80 bits per heavy atom. The number of allylic oxidation sites excluding steroid dienone is 2. The summed E-state index contributed by atoms with van der Waals surface area (Å²) in [6, 6.07) is 7.86. The van der Waals surface area contributed by atoms with E-state index in [1.807, 2.05) is 12.2 Å². The lowest BCUT2D eigenvalue weighted by Gasteiger charge is -2.14. The predicted octanol–water partition coefficient (Wildman–Crippen LogP) is 8.38. The zero-order valence-electron chi connectivity index (χ0n) is 23.0. The molecule has 1 aliphatic rings. The lowest BCUT2D eigenvalue weighted by Crippen LogP contribution is -2.09. The summed E-state index contributed by atoms with van der Waals surface area (Å²) >= 11 is 6.47. The minimum Gasteiger partial charge on any atom is -0.478 e. The fraction of sp³-hybridized carbons (Fsp3) is 0.281. The number of rotatable bonds is 12. The van der Waals surface area contributed by atoms with Gasteiger partial charge >= 0.3 is 0 Å². The Hall–Kier alpha value is -4.22. The summed E-state index contributed by atoms with van der Waals surface area (Å²) < 4.78 is 36.8. The third-order valence-corrected chi connectivity index (χ3v) is 6.87. The second kappa shape index (κ2) is 13.9. The number of unbranched alkanes of at least 4 members (excludes halogenated alkanes) is 2.